The molecule has 2 heterocycles. The van der Waals surface area contributed by atoms with Crippen molar-refractivity contribution in [3.63, 3.8) is 0 Å². The molecule has 1 aromatic carbocycles. The summed E-state index contributed by atoms with van der Waals surface area (Å²) in [7, 11) is 0. The Morgan fingerprint density at radius 2 is 2.06 bits per heavy atom. The van der Waals surface area contributed by atoms with Gasteiger partial charge < -0.3 is 4.74 Å². The van der Waals surface area contributed by atoms with Crippen molar-refractivity contribution in [1.29, 1.82) is 0 Å². The van der Waals surface area contributed by atoms with Crippen molar-refractivity contribution in [1.82, 2.24) is 4.98 Å². The van der Waals surface area contributed by atoms with Gasteiger partial charge in [0.1, 0.15) is 11.5 Å². The monoisotopic (exact) mass is 225 g/mol. The average Bonchev–Trinajstić information content (AvgIpc) is 2.39. The maximum Gasteiger partial charge on any atom is 0.289 e. The predicted molar refractivity (Wildman–Crippen MR) is 64.6 cm³/mol. The van der Waals surface area contributed by atoms with Gasteiger partial charge in [0, 0.05) is 24.6 Å². The van der Waals surface area contributed by atoms with Gasteiger partial charge in [0.25, 0.3) is 6.33 Å². The summed E-state index contributed by atoms with van der Waals surface area (Å²) >= 11 is 0. The Hall–Kier alpha value is -2.16. The van der Waals surface area contributed by atoms with Crippen LogP contribution in [0.5, 0.6) is 0 Å². The van der Waals surface area contributed by atoms with Crippen molar-refractivity contribution >= 4 is 11.8 Å². The fourth-order valence-corrected chi connectivity index (χ4v) is 1.88. The molecule has 3 heteroatoms. The molecule has 0 bridgehead atoms. The summed E-state index contributed by atoms with van der Waals surface area (Å²) in [5.74, 6) is 0.913. The largest absolute Gasteiger partial charge is 0.454 e. The fourth-order valence-electron chi connectivity index (χ4n) is 1.88. The fraction of sp³-hybridized carbons (Fsp3) is 0.143. The molecule has 0 amide bonds. The van der Waals surface area contributed by atoms with Crippen molar-refractivity contribution in [3.05, 3.63) is 59.7 Å². The van der Waals surface area contributed by atoms with E-state index in [1.807, 2.05) is 42.1 Å². The molecule has 17 heavy (non-hydrogen) atoms. The van der Waals surface area contributed by atoms with Crippen molar-refractivity contribution in [2.45, 2.75) is 13.7 Å². The minimum absolute atomic E-state index is 0.517. The highest BCUT2D eigenvalue weighted by Gasteiger charge is 2.16. The molecule has 2 aromatic rings. The van der Waals surface area contributed by atoms with E-state index < -0.39 is 0 Å². The highest BCUT2D eigenvalue weighted by molar-refractivity contribution is 5.75. The normalized spacial score (nSPS) is 13.6. The Morgan fingerprint density at radius 3 is 2.88 bits per heavy atom. The van der Waals surface area contributed by atoms with Gasteiger partial charge in [-0.2, -0.15) is 4.57 Å². The summed E-state index contributed by atoms with van der Waals surface area (Å²) in [4.78, 5) is 4.24. The van der Waals surface area contributed by atoms with E-state index >= 15 is 0 Å². The van der Waals surface area contributed by atoms with Crippen LogP contribution >= 0.6 is 0 Å². The van der Waals surface area contributed by atoms with E-state index in [2.05, 4.69) is 23.2 Å². The first kappa shape index (κ1) is 10.0. The van der Waals surface area contributed by atoms with Gasteiger partial charge in [0.05, 0.1) is 0 Å². The van der Waals surface area contributed by atoms with Gasteiger partial charge in [-0.15, -0.1) is 0 Å². The zero-order valence-corrected chi connectivity index (χ0v) is 9.63. The van der Waals surface area contributed by atoms with Gasteiger partial charge in [0.15, 0.2) is 5.69 Å². The van der Waals surface area contributed by atoms with Gasteiger partial charge in [-0.25, -0.2) is 0 Å². The van der Waals surface area contributed by atoms with Crippen LogP contribution in [-0.2, 0) is 11.5 Å². The lowest BCUT2D eigenvalue weighted by Crippen LogP contribution is -2.40. The van der Waals surface area contributed by atoms with Crippen LogP contribution in [-0.4, -0.2) is 4.98 Å². The maximum atomic E-state index is 5.71. The van der Waals surface area contributed by atoms with Crippen LogP contribution in [0.4, 0.5) is 0 Å². The number of hydrogen-bond donors (Lipinski definition) is 0. The van der Waals surface area contributed by atoms with Crippen molar-refractivity contribution in [2.24, 2.45) is 0 Å². The highest BCUT2D eigenvalue weighted by Crippen LogP contribution is 2.20. The molecule has 0 saturated carbocycles. The van der Waals surface area contributed by atoms with Crippen LogP contribution < -0.4 is 4.57 Å². The molecular weight excluding hydrogens is 212 g/mol. The second kappa shape index (κ2) is 4.01. The average molecular weight is 225 g/mol. The maximum absolute atomic E-state index is 5.71. The molecule has 1 aliphatic rings. The van der Waals surface area contributed by atoms with Gasteiger partial charge in [-0.1, -0.05) is 35.3 Å². The van der Waals surface area contributed by atoms with E-state index in [0.29, 0.717) is 6.73 Å². The first-order valence-corrected chi connectivity index (χ1v) is 5.59. The summed E-state index contributed by atoms with van der Waals surface area (Å²) in [5.41, 5.74) is 3.25. The third-order valence-electron chi connectivity index (χ3n) is 2.79. The second-order valence-electron chi connectivity index (χ2n) is 4.07. The minimum Gasteiger partial charge on any atom is -0.454 e. The zero-order chi connectivity index (χ0) is 11.7. The number of aryl methyl sites for hydroxylation is 1. The number of rotatable bonds is 1. The Bertz CT molecular complexity index is 576. The van der Waals surface area contributed by atoms with E-state index in [9.17, 15) is 0 Å². The number of hydrogen-bond acceptors (Lipinski definition) is 2. The predicted octanol–water partition coefficient (Wildman–Crippen LogP) is 2.16. The molecule has 1 aromatic heterocycles. The molecule has 84 valence electrons. The Kier molecular flexibility index (Phi) is 2.37. The molecule has 3 rings (SSSR count). The Morgan fingerprint density at radius 1 is 1.24 bits per heavy atom. The Labute approximate surface area is 100 Å². The number of nitrogens with zero attached hydrogens (tertiary/aromatic N) is 2. The summed E-state index contributed by atoms with van der Waals surface area (Å²) < 4.78 is 7.70. The van der Waals surface area contributed by atoms with Crippen molar-refractivity contribution in [3.8, 4) is 0 Å². The van der Waals surface area contributed by atoms with Crippen molar-refractivity contribution < 1.29 is 9.30 Å². The molecule has 0 spiro atoms. The van der Waals surface area contributed by atoms with E-state index in [1.165, 1.54) is 0 Å². The molecule has 0 atom stereocenters. The summed E-state index contributed by atoms with van der Waals surface area (Å²) in [6, 6.07) is 12.2. The van der Waals surface area contributed by atoms with E-state index in [1.54, 1.807) is 0 Å². The van der Waals surface area contributed by atoms with E-state index in [4.69, 9.17) is 4.74 Å². The molecule has 0 N–H and O–H groups in total. The van der Waals surface area contributed by atoms with Gasteiger partial charge in [0.2, 0.25) is 6.73 Å². The topological polar surface area (TPSA) is 26.0 Å². The summed E-state index contributed by atoms with van der Waals surface area (Å²) in [5, 5.41) is 0. The Balaban J connectivity index is 2.05. The lowest BCUT2D eigenvalue weighted by Gasteiger charge is -2.15. The zero-order valence-electron chi connectivity index (χ0n) is 9.63. The third kappa shape index (κ3) is 1.91. The SMILES string of the molecule is Cc1cc2[n+](cn1)COC(c1ccccc1)=C2. The summed E-state index contributed by atoms with van der Waals surface area (Å²) in [6.07, 6.45) is 3.86. The highest BCUT2D eigenvalue weighted by atomic mass is 16.5. The number of ether oxygens (including phenoxy) is 1. The third-order valence-corrected chi connectivity index (χ3v) is 2.79. The van der Waals surface area contributed by atoms with Crippen LogP contribution in [0.25, 0.3) is 11.8 Å². The van der Waals surface area contributed by atoms with Gasteiger partial charge >= 0.3 is 0 Å². The lowest BCUT2D eigenvalue weighted by molar-refractivity contribution is -0.734. The van der Waals surface area contributed by atoms with Crippen LogP contribution in [0.1, 0.15) is 17.0 Å². The van der Waals surface area contributed by atoms with E-state index in [0.717, 1.165) is 22.7 Å². The smallest absolute Gasteiger partial charge is 0.289 e. The second-order valence-corrected chi connectivity index (χ2v) is 4.07. The number of aromatic nitrogens is 2. The standard InChI is InChI=1S/C14H13N2O/c1-11-7-13-8-14(12-5-3-2-4-6-12)17-10-16(13)9-15-11/h2-9H,10H2,1H3/q+1. The summed E-state index contributed by atoms with van der Waals surface area (Å²) in [6.45, 7) is 2.51. The van der Waals surface area contributed by atoms with E-state index in [-0.39, 0.29) is 0 Å². The van der Waals surface area contributed by atoms with Crippen LogP contribution in [0.2, 0.25) is 0 Å². The van der Waals surface area contributed by atoms with Gasteiger partial charge in [-0.3, -0.25) is 0 Å². The molecular formula is C14H13N2O+. The minimum atomic E-state index is 0.517. The molecule has 1 aliphatic heterocycles. The molecule has 3 nitrogen and oxygen atoms in total. The lowest BCUT2D eigenvalue weighted by atomic mass is 10.1. The van der Waals surface area contributed by atoms with Crippen LogP contribution in [0.15, 0.2) is 42.7 Å². The van der Waals surface area contributed by atoms with Crippen molar-refractivity contribution in [2.75, 3.05) is 0 Å². The number of benzene rings is 1. The molecule has 0 unspecified atom stereocenters. The first-order chi connectivity index (χ1) is 8.33. The van der Waals surface area contributed by atoms with Crippen LogP contribution in [0, 0.1) is 6.92 Å². The molecule has 0 fully saturated rings. The van der Waals surface area contributed by atoms with Gasteiger partial charge in [-0.05, 0) is 0 Å². The quantitative estimate of drug-likeness (QED) is 0.695. The first-order valence-electron chi connectivity index (χ1n) is 5.59. The van der Waals surface area contributed by atoms with Crippen LogP contribution in [0.3, 0.4) is 0 Å². The number of fused-ring (bicyclic) bond motifs is 1. The molecule has 0 aliphatic carbocycles. The molecule has 0 saturated heterocycles. The molecule has 0 radical (unpaired) electrons.